The molecule has 1 atom stereocenters. The molecule has 0 aromatic heterocycles. The zero-order valence-corrected chi connectivity index (χ0v) is 14.5. The molecule has 1 aliphatic rings. The molecule has 2 aromatic rings. The summed E-state index contributed by atoms with van der Waals surface area (Å²) in [4.78, 5) is 14.9. The monoisotopic (exact) mass is 322 g/mol. The predicted molar refractivity (Wildman–Crippen MR) is 97.9 cm³/mol. The Morgan fingerprint density at radius 2 is 1.83 bits per heavy atom. The van der Waals surface area contributed by atoms with Gasteiger partial charge in [-0.15, -0.1) is 0 Å². The van der Waals surface area contributed by atoms with Crippen molar-refractivity contribution < 1.29 is 4.79 Å². The molecule has 0 spiro atoms. The van der Waals surface area contributed by atoms with E-state index in [1.54, 1.807) is 0 Å². The number of fused-ring (bicyclic) bond motifs is 1. The van der Waals surface area contributed by atoms with Gasteiger partial charge < -0.3 is 10.2 Å². The van der Waals surface area contributed by atoms with Gasteiger partial charge in [-0.05, 0) is 35.6 Å². The van der Waals surface area contributed by atoms with Crippen molar-refractivity contribution in [2.75, 3.05) is 19.6 Å². The molecule has 3 nitrogen and oxygen atoms in total. The third-order valence-corrected chi connectivity index (χ3v) is 4.55. The van der Waals surface area contributed by atoms with Crippen molar-refractivity contribution in [1.82, 2.24) is 10.2 Å². The highest BCUT2D eigenvalue weighted by molar-refractivity contribution is 5.79. The normalized spacial score (nSPS) is 17.0. The first-order valence-corrected chi connectivity index (χ1v) is 8.79. The SMILES string of the molecule is CC(C)CNCC(=O)N1CCc2ccccc2[C@@H]1c1ccccc1. The van der Waals surface area contributed by atoms with E-state index in [1.165, 1.54) is 16.7 Å². The highest BCUT2D eigenvalue weighted by Gasteiger charge is 2.31. The molecule has 0 saturated heterocycles. The molecule has 1 amide bonds. The number of hydrogen-bond donors (Lipinski definition) is 1. The molecule has 24 heavy (non-hydrogen) atoms. The van der Waals surface area contributed by atoms with E-state index in [9.17, 15) is 4.79 Å². The van der Waals surface area contributed by atoms with E-state index in [0.717, 1.165) is 19.5 Å². The van der Waals surface area contributed by atoms with Crippen molar-refractivity contribution in [2.24, 2.45) is 5.92 Å². The molecule has 0 unspecified atom stereocenters. The van der Waals surface area contributed by atoms with Crippen LogP contribution in [0.25, 0.3) is 0 Å². The molecule has 3 heteroatoms. The summed E-state index contributed by atoms with van der Waals surface area (Å²) in [6.07, 6.45) is 0.926. The molecule has 1 aliphatic heterocycles. The zero-order chi connectivity index (χ0) is 16.9. The van der Waals surface area contributed by atoms with Gasteiger partial charge in [0.15, 0.2) is 0 Å². The van der Waals surface area contributed by atoms with Crippen LogP contribution >= 0.6 is 0 Å². The summed E-state index contributed by atoms with van der Waals surface area (Å²) < 4.78 is 0. The lowest BCUT2D eigenvalue weighted by atomic mass is 9.88. The first kappa shape index (κ1) is 16.7. The minimum Gasteiger partial charge on any atom is -0.330 e. The summed E-state index contributed by atoms with van der Waals surface area (Å²) >= 11 is 0. The average Bonchev–Trinajstić information content (AvgIpc) is 2.61. The van der Waals surface area contributed by atoms with Crippen LogP contribution in [0.5, 0.6) is 0 Å². The topological polar surface area (TPSA) is 32.3 Å². The van der Waals surface area contributed by atoms with Gasteiger partial charge in [0.25, 0.3) is 0 Å². The van der Waals surface area contributed by atoms with Crippen LogP contribution in [-0.2, 0) is 11.2 Å². The van der Waals surface area contributed by atoms with Crippen LogP contribution in [0.15, 0.2) is 54.6 Å². The molecule has 0 fully saturated rings. The summed E-state index contributed by atoms with van der Waals surface area (Å²) in [7, 11) is 0. The van der Waals surface area contributed by atoms with Gasteiger partial charge in [-0.2, -0.15) is 0 Å². The smallest absolute Gasteiger partial charge is 0.237 e. The Hall–Kier alpha value is -2.13. The number of amides is 1. The lowest BCUT2D eigenvalue weighted by Gasteiger charge is -2.38. The largest absolute Gasteiger partial charge is 0.330 e. The zero-order valence-electron chi connectivity index (χ0n) is 14.5. The molecule has 2 aromatic carbocycles. The Labute approximate surface area is 144 Å². The summed E-state index contributed by atoms with van der Waals surface area (Å²) in [6.45, 7) is 6.36. The fourth-order valence-corrected chi connectivity index (χ4v) is 3.40. The molecule has 1 N–H and O–H groups in total. The Kier molecular flexibility index (Phi) is 5.31. The van der Waals surface area contributed by atoms with E-state index >= 15 is 0 Å². The van der Waals surface area contributed by atoms with E-state index in [-0.39, 0.29) is 11.9 Å². The van der Waals surface area contributed by atoms with E-state index in [4.69, 9.17) is 0 Å². The predicted octanol–water partition coefficient (Wildman–Crippen LogP) is 3.41. The van der Waals surface area contributed by atoms with Crippen LogP contribution in [0.1, 0.15) is 36.6 Å². The van der Waals surface area contributed by atoms with Crippen LogP contribution in [0, 0.1) is 5.92 Å². The van der Waals surface area contributed by atoms with Crippen LogP contribution in [-0.4, -0.2) is 30.4 Å². The van der Waals surface area contributed by atoms with Crippen molar-refractivity contribution in [3.63, 3.8) is 0 Å². The molecule has 0 radical (unpaired) electrons. The number of benzene rings is 2. The minimum absolute atomic E-state index is 0.0181. The quantitative estimate of drug-likeness (QED) is 0.915. The number of carbonyl (C=O) groups excluding carboxylic acids is 1. The van der Waals surface area contributed by atoms with Crippen LogP contribution in [0.3, 0.4) is 0 Å². The van der Waals surface area contributed by atoms with Crippen LogP contribution in [0.2, 0.25) is 0 Å². The Morgan fingerprint density at radius 3 is 2.58 bits per heavy atom. The maximum Gasteiger partial charge on any atom is 0.237 e. The molecule has 126 valence electrons. The van der Waals surface area contributed by atoms with Crippen LogP contribution < -0.4 is 5.32 Å². The number of carbonyl (C=O) groups is 1. The first-order valence-electron chi connectivity index (χ1n) is 8.79. The molecule has 3 rings (SSSR count). The van der Waals surface area contributed by atoms with Crippen molar-refractivity contribution in [2.45, 2.75) is 26.3 Å². The Balaban J connectivity index is 1.87. The average molecular weight is 322 g/mol. The Morgan fingerprint density at radius 1 is 1.12 bits per heavy atom. The van der Waals surface area contributed by atoms with Gasteiger partial charge in [0.1, 0.15) is 0 Å². The lowest BCUT2D eigenvalue weighted by Crippen LogP contribution is -2.45. The molecule has 0 aliphatic carbocycles. The van der Waals surface area contributed by atoms with Gasteiger partial charge in [0.2, 0.25) is 5.91 Å². The minimum atomic E-state index is 0.0181. The van der Waals surface area contributed by atoms with Crippen molar-refractivity contribution >= 4 is 5.91 Å². The second-order valence-electron chi connectivity index (χ2n) is 6.87. The van der Waals surface area contributed by atoms with Gasteiger partial charge in [-0.1, -0.05) is 68.4 Å². The maximum absolute atomic E-state index is 12.8. The molecule has 0 bridgehead atoms. The molecule has 0 saturated carbocycles. The van der Waals surface area contributed by atoms with E-state index in [2.05, 4.69) is 55.6 Å². The standard InChI is InChI=1S/C21H26N2O/c1-16(2)14-22-15-20(24)23-13-12-17-8-6-7-11-19(17)21(23)18-9-4-3-5-10-18/h3-11,16,21-22H,12-15H2,1-2H3/t21-/m0/s1. The first-order chi connectivity index (χ1) is 11.7. The van der Waals surface area contributed by atoms with E-state index < -0.39 is 0 Å². The number of nitrogens with zero attached hydrogens (tertiary/aromatic N) is 1. The number of nitrogens with one attached hydrogen (secondary N) is 1. The van der Waals surface area contributed by atoms with E-state index in [0.29, 0.717) is 12.5 Å². The summed E-state index contributed by atoms with van der Waals surface area (Å²) in [5.41, 5.74) is 3.79. The van der Waals surface area contributed by atoms with Gasteiger partial charge in [-0.3, -0.25) is 4.79 Å². The van der Waals surface area contributed by atoms with Crippen molar-refractivity contribution in [3.8, 4) is 0 Å². The lowest BCUT2D eigenvalue weighted by molar-refractivity contribution is -0.132. The van der Waals surface area contributed by atoms with Crippen molar-refractivity contribution in [3.05, 3.63) is 71.3 Å². The van der Waals surface area contributed by atoms with E-state index in [1.807, 2.05) is 23.1 Å². The fraction of sp³-hybridized carbons (Fsp3) is 0.381. The second kappa shape index (κ2) is 7.63. The number of hydrogen-bond acceptors (Lipinski definition) is 2. The van der Waals surface area contributed by atoms with Gasteiger partial charge in [-0.25, -0.2) is 0 Å². The summed E-state index contributed by atoms with van der Waals surface area (Å²) in [5, 5.41) is 3.29. The number of rotatable bonds is 5. The van der Waals surface area contributed by atoms with Crippen LogP contribution in [0.4, 0.5) is 0 Å². The highest BCUT2D eigenvalue weighted by atomic mass is 16.2. The highest BCUT2D eigenvalue weighted by Crippen LogP contribution is 2.34. The summed E-state index contributed by atoms with van der Waals surface area (Å²) in [6, 6.07) is 18.9. The molecule has 1 heterocycles. The Bertz CT molecular complexity index is 681. The summed E-state index contributed by atoms with van der Waals surface area (Å²) in [5.74, 6) is 0.726. The van der Waals surface area contributed by atoms with Crippen molar-refractivity contribution in [1.29, 1.82) is 0 Å². The third-order valence-electron chi connectivity index (χ3n) is 4.55. The molecular weight excluding hydrogens is 296 g/mol. The van der Waals surface area contributed by atoms with Gasteiger partial charge >= 0.3 is 0 Å². The maximum atomic E-state index is 12.8. The third kappa shape index (κ3) is 3.68. The van der Waals surface area contributed by atoms with Gasteiger partial charge in [0, 0.05) is 6.54 Å². The van der Waals surface area contributed by atoms with Gasteiger partial charge in [0.05, 0.1) is 12.6 Å². The second-order valence-corrected chi connectivity index (χ2v) is 6.87. The fourth-order valence-electron chi connectivity index (χ4n) is 3.40. The molecular formula is C21H26N2O.